The van der Waals surface area contributed by atoms with Crippen LogP contribution in [0.3, 0.4) is 0 Å². The molecule has 12 heavy (non-hydrogen) atoms. The molecule has 0 bridgehead atoms. The lowest BCUT2D eigenvalue weighted by Crippen LogP contribution is -2.35. The van der Waals surface area contributed by atoms with Crippen LogP contribution in [0.15, 0.2) is 12.2 Å². The normalized spacial score (nSPS) is 36.4. The van der Waals surface area contributed by atoms with Gasteiger partial charge in [-0.15, -0.1) is 0 Å². The van der Waals surface area contributed by atoms with E-state index in [9.17, 15) is 0 Å². The van der Waals surface area contributed by atoms with E-state index in [1.807, 2.05) is 0 Å². The van der Waals surface area contributed by atoms with Gasteiger partial charge in [0.05, 0.1) is 12.2 Å². The SMILES string of the molecule is C=C(C)[C@@H]1CC[C@@H](C)O[C@H]1CBr. The molecule has 1 fully saturated rings. The second-order valence-corrected chi connectivity index (χ2v) is 4.32. The van der Waals surface area contributed by atoms with Crippen LogP contribution in [-0.2, 0) is 4.74 Å². The predicted octanol–water partition coefficient (Wildman–Crippen LogP) is 3.14. The van der Waals surface area contributed by atoms with E-state index < -0.39 is 0 Å². The maximum atomic E-state index is 5.80. The molecule has 70 valence electrons. The highest BCUT2D eigenvalue weighted by molar-refractivity contribution is 9.09. The van der Waals surface area contributed by atoms with E-state index >= 15 is 0 Å². The number of halogens is 1. The largest absolute Gasteiger partial charge is 0.374 e. The average molecular weight is 233 g/mol. The Hall–Kier alpha value is 0.180. The van der Waals surface area contributed by atoms with Crippen LogP contribution in [-0.4, -0.2) is 17.5 Å². The molecule has 3 atom stereocenters. The van der Waals surface area contributed by atoms with Gasteiger partial charge in [-0.3, -0.25) is 0 Å². The fraction of sp³-hybridized carbons (Fsp3) is 0.800. The van der Waals surface area contributed by atoms with Gasteiger partial charge in [-0.1, -0.05) is 28.1 Å². The summed E-state index contributed by atoms with van der Waals surface area (Å²) in [6.07, 6.45) is 3.16. The Labute approximate surface area is 83.3 Å². The lowest BCUT2D eigenvalue weighted by molar-refractivity contribution is -0.0512. The first kappa shape index (κ1) is 10.3. The van der Waals surface area contributed by atoms with Crippen molar-refractivity contribution in [3.05, 3.63) is 12.2 Å². The molecule has 1 nitrogen and oxygen atoms in total. The fourth-order valence-electron chi connectivity index (χ4n) is 1.77. The molecule has 0 amide bonds. The third-order valence-corrected chi connectivity index (χ3v) is 3.16. The summed E-state index contributed by atoms with van der Waals surface area (Å²) in [6.45, 7) is 8.24. The molecule has 0 aliphatic carbocycles. The molecule has 0 unspecified atom stereocenters. The molecule has 0 aromatic carbocycles. The van der Waals surface area contributed by atoms with Crippen LogP contribution in [0.4, 0.5) is 0 Å². The number of alkyl halides is 1. The molecule has 0 N–H and O–H groups in total. The molecule has 1 aliphatic rings. The molecular formula is C10H17BrO. The highest BCUT2D eigenvalue weighted by atomic mass is 79.9. The van der Waals surface area contributed by atoms with Crippen molar-refractivity contribution in [2.45, 2.75) is 38.9 Å². The molecule has 1 saturated heterocycles. The van der Waals surface area contributed by atoms with Gasteiger partial charge in [0.25, 0.3) is 0 Å². The summed E-state index contributed by atoms with van der Waals surface area (Å²) in [5.74, 6) is 0.556. The van der Waals surface area contributed by atoms with Crippen molar-refractivity contribution >= 4 is 15.9 Å². The first-order valence-electron chi connectivity index (χ1n) is 4.52. The fourth-order valence-corrected chi connectivity index (χ4v) is 2.37. The zero-order chi connectivity index (χ0) is 9.14. The summed E-state index contributed by atoms with van der Waals surface area (Å²) in [5.41, 5.74) is 1.26. The van der Waals surface area contributed by atoms with E-state index in [2.05, 4.69) is 36.4 Å². The Morgan fingerprint density at radius 1 is 1.58 bits per heavy atom. The van der Waals surface area contributed by atoms with Gasteiger partial charge in [-0.05, 0) is 26.7 Å². The zero-order valence-electron chi connectivity index (χ0n) is 7.85. The topological polar surface area (TPSA) is 9.23 Å². The summed E-state index contributed by atoms with van der Waals surface area (Å²) >= 11 is 3.48. The molecule has 0 aromatic heterocycles. The molecule has 0 saturated carbocycles. The Balaban J connectivity index is 2.56. The van der Waals surface area contributed by atoms with Gasteiger partial charge in [0.2, 0.25) is 0 Å². The van der Waals surface area contributed by atoms with Crippen molar-refractivity contribution < 1.29 is 4.74 Å². The Kier molecular flexibility index (Phi) is 3.78. The minimum Gasteiger partial charge on any atom is -0.374 e. The lowest BCUT2D eigenvalue weighted by atomic mass is 9.88. The summed E-state index contributed by atoms with van der Waals surface area (Å²) < 4.78 is 5.80. The second-order valence-electron chi connectivity index (χ2n) is 3.67. The van der Waals surface area contributed by atoms with Crippen molar-refractivity contribution in [2.75, 3.05) is 5.33 Å². The number of hydrogen-bond acceptors (Lipinski definition) is 1. The van der Waals surface area contributed by atoms with Crippen LogP contribution >= 0.6 is 15.9 Å². The van der Waals surface area contributed by atoms with Crippen LogP contribution < -0.4 is 0 Å². The van der Waals surface area contributed by atoms with Gasteiger partial charge in [-0.2, -0.15) is 0 Å². The predicted molar refractivity (Wildman–Crippen MR) is 55.7 cm³/mol. The van der Waals surface area contributed by atoms with E-state index in [-0.39, 0.29) is 0 Å². The van der Waals surface area contributed by atoms with Gasteiger partial charge in [0.1, 0.15) is 0 Å². The number of ether oxygens (including phenoxy) is 1. The van der Waals surface area contributed by atoms with Crippen molar-refractivity contribution in [1.29, 1.82) is 0 Å². The number of rotatable bonds is 2. The zero-order valence-corrected chi connectivity index (χ0v) is 9.43. The van der Waals surface area contributed by atoms with Crippen LogP contribution in [0.1, 0.15) is 26.7 Å². The van der Waals surface area contributed by atoms with E-state index in [4.69, 9.17) is 4.74 Å². The Morgan fingerprint density at radius 3 is 2.75 bits per heavy atom. The van der Waals surface area contributed by atoms with E-state index in [0.717, 1.165) is 5.33 Å². The molecule has 1 heterocycles. The van der Waals surface area contributed by atoms with E-state index in [1.165, 1.54) is 18.4 Å². The first-order chi connectivity index (χ1) is 5.65. The highest BCUT2D eigenvalue weighted by Gasteiger charge is 2.28. The standard InChI is InChI=1S/C10H17BrO/c1-7(2)9-5-4-8(3)12-10(9)6-11/h8-10H,1,4-6H2,2-3H3/t8-,9+,10+/m1/s1. The van der Waals surface area contributed by atoms with Gasteiger partial charge in [-0.25, -0.2) is 0 Å². The first-order valence-corrected chi connectivity index (χ1v) is 5.64. The molecule has 2 heteroatoms. The summed E-state index contributed by atoms with van der Waals surface area (Å²) in [5, 5.41) is 0.925. The van der Waals surface area contributed by atoms with Gasteiger partial charge in [0.15, 0.2) is 0 Å². The molecule has 1 rings (SSSR count). The molecule has 0 aromatic rings. The van der Waals surface area contributed by atoms with Crippen molar-refractivity contribution in [3.63, 3.8) is 0 Å². The maximum absolute atomic E-state index is 5.80. The molecule has 0 spiro atoms. The summed E-state index contributed by atoms with van der Waals surface area (Å²) in [4.78, 5) is 0. The lowest BCUT2D eigenvalue weighted by Gasteiger charge is -2.34. The van der Waals surface area contributed by atoms with Gasteiger partial charge >= 0.3 is 0 Å². The monoisotopic (exact) mass is 232 g/mol. The molecule has 0 radical (unpaired) electrons. The minimum absolute atomic E-state index is 0.339. The second kappa shape index (κ2) is 4.43. The van der Waals surface area contributed by atoms with Gasteiger partial charge < -0.3 is 4.74 Å². The maximum Gasteiger partial charge on any atom is 0.0740 e. The summed E-state index contributed by atoms with van der Waals surface area (Å²) in [6, 6.07) is 0. The molecule has 1 aliphatic heterocycles. The Bertz CT molecular complexity index is 167. The third-order valence-electron chi connectivity index (χ3n) is 2.53. The quantitative estimate of drug-likeness (QED) is 0.526. The van der Waals surface area contributed by atoms with Crippen molar-refractivity contribution in [2.24, 2.45) is 5.92 Å². The van der Waals surface area contributed by atoms with E-state index in [1.54, 1.807) is 0 Å². The smallest absolute Gasteiger partial charge is 0.0740 e. The van der Waals surface area contributed by atoms with Crippen LogP contribution in [0.2, 0.25) is 0 Å². The van der Waals surface area contributed by atoms with Crippen LogP contribution in [0, 0.1) is 5.92 Å². The van der Waals surface area contributed by atoms with Crippen molar-refractivity contribution in [3.8, 4) is 0 Å². The third kappa shape index (κ3) is 2.33. The van der Waals surface area contributed by atoms with Gasteiger partial charge in [0, 0.05) is 11.2 Å². The average Bonchev–Trinajstić information content (AvgIpc) is 2.03. The summed E-state index contributed by atoms with van der Waals surface area (Å²) in [7, 11) is 0. The van der Waals surface area contributed by atoms with Crippen LogP contribution in [0.25, 0.3) is 0 Å². The highest BCUT2D eigenvalue weighted by Crippen LogP contribution is 2.30. The van der Waals surface area contributed by atoms with Crippen LogP contribution in [0.5, 0.6) is 0 Å². The minimum atomic E-state index is 0.339. The number of hydrogen-bond donors (Lipinski definition) is 0. The molecular weight excluding hydrogens is 216 g/mol. The van der Waals surface area contributed by atoms with Crippen molar-refractivity contribution in [1.82, 2.24) is 0 Å². The Morgan fingerprint density at radius 2 is 2.25 bits per heavy atom. The van der Waals surface area contributed by atoms with E-state index in [0.29, 0.717) is 18.1 Å².